The lowest BCUT2D eigenvalue weighted by molar-refractivity contribution is 0.0970. The summed E-state index contributed by atoms with van der Waals surface area (Å²) in [6.45, 7) is 6.53. The highest BCUT2D eigenvalue weighted by Crippen LogP contribution is 2.42. The smallest absolute Gasteiger partial charge is 0.296 e. The molecule has 1 unspecified atom stereocenters. The van der Waals surface area contributed by atoms with Crippen LogP contribution in [0.4, 0.5) is 5.82 Å². The van der Waals surface area contributed by atoms with Crippen LogP contribution in [0.2, 0.25) is 0 Å². The Morgan fingerprint density at radius 1 is 1.03 bits per heavy atom. The highest BCUT2D eigenvalue weighted by molar-refractivity contribution is 6.10. The Kier molecular flexibility index (Phi) is 5.76. The Morgan fingerprint density at radius 3 is 2.57 bits per heavy atom. The average molecular weight is 471 g/mol. The zero-order valence-electron chi connectivity index (χ0n) is 20.1. The van der Waals surface area contributed by atoms with Crippen LogP contribution >= 0.6 is 0 Å². The third-order valence-electron chi connectivity index (χ3n) is 5.97. The minimum atomic E-state index is -0.735. The first-order valence-electron chi connectivity index (χ1n) is 11.5. The van der Waals surface area contributed by atoms with Crippen LogP contribution in [0.1, 0.15) is 47.3 Å². The van der Waals surface area contributed by atoms with E-state index in [0.717, 1.165) is 5.69 Å². The fourth-order valence-electron chi connectivity index (χ4n) is 4.36. The standard InChI is InChI=1S/C28H26N2O5/c1-16(2)15-34-21-13-12-18(14-22(21)33-4)25-24-26(31)19-9-5-6-10-20(19)35-27(24)28(32)30(25)23-11-7-8-17(3)29-23/h5-14,16,25H,15H2,1-4H3. The molecule has 7 nitrogen and oxygen atoms in total. The van der Waals surface area contributed by atoms with E-state index >= 15 is 0 Å². The first-order chi connectivity index (χ1) is 16.9. The number of methoxy groups -OCH3 is 1. The van der Waals surface area contributed by atoms with Gasteiger partial charge in [-0.3, -0.25) is 14.5 Å². The van der Waals surface area contributed by atoms with E-state index in [2.05, 4.69) is 18.8 Å². The average Bonchev–Trinajstić information content (AvgIpc) is 3.15. The van der Waals surface area contributed by atoms with Crippen LogP contribution in [0.5, 0.6) is 11.5 Å². The van der Waals surface area contributed by atoms with Gasteiger partial charge in [-0.2, -0.15) is 0 Å². The van der Waals surface area contributed by atoms with Gasteiger partial charge in [0.05, 0.1) is 30.7 Å². The van der Waals surface area contributed by atoms with Gasteiger partial charge in [-0.1, -0.05) is 38.1 Å². The number of hydrogen-bond donors (Lipinski definition) is 0. The lowest BCUT2D eigenvalue weighted by atomic mass is 9.98. The van der Waals surface area contributed by atoms with Crippen molar-refractivity contribution in [3.8, 4) is 11.5 Å². The molecule has 0 radical (unpaired) electrons. The van der Waals surface area contributed by atoms with Gasteiger partial charge >= 0.3 is 0 Å². The van der Waals surface area contributed by atoms with E-state index in [0.29, 0.717) is 46.4 Å². The number of ether oxygens (including phenoxy) is 2. The maximum absolute atomic E-state index is 13.7. The molecule has 178 valence electrons. The van der Waals surface area contributed by atoms with E-state index in [1.807, 2.05) is 31.2 Å². The number of nitrogens with zero attached hydrogens (tertiary/aromatic N) is 2. The first-order valence-corrected chi connectivity index (χ1v) is 11.5. The van der Waals surface area contributed by atoms with Crippen molar-refractivity contribution in [3.05, 3.63) is 93.5 Å². The van der Waals surface area contributed by atoms with Crippen molar-refractivity contribution in [2.75, 3.05) is 18.6 Å². The number of para-hydroxylation sites is 1. The van der Waals surface area contributed by atoms with E-state index in [-0.39, 0.29) is 16.8 Å². The fourth-order valence-corrected chi connectivity index (χ4v) is 4.36. The van der Waals surface area contributed by atoms with E-state index in [1.165, 1.54) is 4.90 Å². The Morgan fingerprint density at radius 2 is 1.83 bits per heavy atom. The van der Waals surface area contributed by atoms with E-state index in [9.17, 15) is 9.59 Å². The zero-order valence-corrected chi connectivity index (χ0v) is 20.1. The second kappa shape index (κ2) is 8.91. The molecule has 0 saturated carbocycles. The highest BCUT2D eigenvalue weighted by atomic mass is 16.5. The first kappa shape index (κ1) is 22.7. The highest BCUT2D eigenvalue weighted by Gasteiger charge is 2.44. The van der Waals surface area contributed by atoms with Gasteiger partial charge in [0.15, 0.2) is 16.9 Å². The molecule has 7 heteroatoms. The molecule has 5 rings (SSSR count). The second-order valence-electron chi connectivity index (χ2n) is 9.00. The summed E-state index contributed by atoms with van der Waals surface area (Å²) in [5.74, 6) is 1.52. The lowest BCUT2D eigenvalue weighted by Gasteiger charge is -2.25. The molecule has 2 aromatic carbocycles. The largest absolute Gasteiger partial charge is 0.493 e. The van der Waals surface area contributed by atoms with Gasteiger partial charge in [-0.05, 0) is 54.8 Å². The van der Waals surface area contributed by atoms with Crippen LogP contribution in [0, 0.1) is 12.8 Å². The summed E-state index contributed by atoms with van der Waals surface area (Å²) in [6.07, 6.45) is 0. The van der Waals surface area contributed by atoms with Crippen LogP contribution in [-0.2, 0) is 0 Å². The predicted octanol–water partition coefficient (Wildman–Crippen LogP) is 5.29. The Hall–Kier alpha value is -4.13. The number of pyridine rings is 1. The molecule has 3 heterocycles. The van der Waals surface area contributed by atoms with Gasteiger partial charge in [0.2, 0.25) is 5.76 Å². The molecule has 0 aliphatic carbocycles. The minimum absolute atomic E-state index is 0.0288. The maximum atomic E-state index is 13.7. The van der Waals surface area contributed by atoms with Gasteiger partial charge < -0.3 is 13.9 Å². The molecule has 1 aliphatic heterocycles. The van der Waals surface area contributed by atoms with Gasteiger partial charge in [-0.15, -0.1) is 0 Å². The number of fused-ring (bicyclic) bond motifs is 2. The van der Waals surface area contributed by atoms with Crippen LogP contribution in [0.25, 0.3) is 11.0 Å². The number of benzene rings is 2. The van der Waals surface area contributed by atoms with Crippen molar-refractivity contribution < 1.29 is 18.7 Å². The summed E-state index contributed by atoms with van der Waals surface area (Å²) in [4.78, 5) is 33.5. The molecule has 0 fully saturated rings. The van der Waals surface area contributed by atoms with Crippen LogP contribution in [0.3, 0.4) is 0 Å². The summed E-state index contributed by atoms with van der Waals surface area (Å²) < 4.78 is 17.5. The molecular weight excluding hydrogens is 444 g/mol. The molecule has 2 aromatic heterocycles. The number of rotatable bonds is 6. The Balaban J connectivity index is 1.72. The van der Waals surface area contributed by atoms with Gasteiger partial charge in [0.1, 0.15) is 11.4 Å². The SMILES string of the molecule is COc1cc(C2c3c(oc4ccccc4c3=O)C(=O)N2c2cccc(C)n2)ccc1OCC(C)C. The number of anilines is 1. The number of carbonyl (C=O) groups is 1. The number of aromatic nitrogens is 1. The molecule has 0 spiro atoms. The van der Waals surface area contributed by atoms with E-state index in [4.69, 9.17) is 13.9 Å². The molecule has 1 amide bonds. The van der Waals surface area contributed by atoms with Crippen molar-refractivity contribution in [3.63, 3.8) is 0 Å². The summed E-state index contributed by atoms with van der Waals surface area (Å²) >= 11 is 0. The third kappa shape index (κ3) is 3.93. The third-order valence-corrected chi connectivity index (χ3v) is 5.97. The van der Waals surface area contributed by atoms with Crippen molar-refractivity contribution in [2.24, 2.45) is 5.92 Å². The van der Waals surface area contributed by atoms with Crippen molar-refractivity contribution in [1.29, 1.82) is 0 Å². The molecule has 4 aromatic rings. The monoisotopic (exact) mass is 470 g/mol. The predicted molar refractivity (Wildman–Crippen MR) is 133 cm³/mol. The van der Waals surface area contributed by atoms with E-state index < -0.39 is 11.9 Å². The molecule has 0 bridgehead atoms. The normalized spacial score (nSPS) is 15.1. The van der Waals surface area contributed by atoms with Crippen LogP contribution in [-0.4, -0.2) is 24.6 Å². The topological polar surface area (TPSA) is 81.9 Å². The van der Waals surface area contributed by atoms with Crippen LogP contribution in [0.15, 0.2) is 69.9 Å². The molecule has 1 aliphatic rings. The van der Waals surface area contributed by atoms with E-state index in [1.54, 1.807) is 43.5 Å². The van der Waals surface area contributed by atoms with Crippen molar-refractivity contribution in [1.82, 2.24) is 4.98 Å². The summed E-state index contributed by atoms with van der Waals surface area (Å²) in [5, 5.41) is 0.423. The number of aryl methyl sites for hydroxylation is 1. The Labute approximate surface area is 202 Å². The fraction of sp³-hybridized carbons (Fsp3) is 0.250. The summed E-state index contributed by atoms with van der Waals surface area (Å²) in [7, 11) is 1.57. The molecule has 0 N–H and O–H groups in total. The van der Waals surface area contributed by atoms with Gasteiger partial charge in [0, 0.05) is 5.69 Å². The van der Waals surface area contributed by atoms with Crippen molar-refractivity contribution in [2.45, 2.75) is 26.8 Å². The zero-order chi connectivity index (χ0) is 24.7. The van der Waals surface area contributed by atoms with Gasteiger partial charge in [0.25, 0.3) is 5.91 Å². The number of hydrogen-bond acceptors (Lipinski definition) is 6. The molecule has 1 atom stereocenters. The maximum Gasteiger partial charge on any atom is 0.296 e. The van der Waals surface area contributed by atoms with Gasteiger partial charge in [-0.25, -0.2) is 4.98 Å². The quantitative estimate of drug-likeness (QED) is 0.381. The molecule has 0 saturated heterocycles. The number of carbonyl (C=O) groups excluding carboxylic acids is 1. The molecular formula is C28H26N2O5. The molecule has 35 heavy (non-hydrogen) atoms. The summed E-state index contributed by atoms with van der Waals surface area (Å²) in [6, 6.07) is 17.1. The Bertz CT molecular complexity index is 1490. The lowest BCUT2D eigenvalue weighted by Crippen LogP contribution is -2.30. The second-order valence-corrected chi connectivity index (χ2v) is 9.00. The van der Waals surface area contributed by atoms with Crippen molar-refractivity contribution >= 4 is 22.7 Å². The summed E-state index contributed by atoms with van der Waals surface area (Å²) in [5.41, 5.74) is 1.86. The van der Waals surface area contributed by atoms with Crippen LogP contribution < -0.4 is 19.8 Å². The number of amides is 1. The minimum Gasteiger partial charge on any atom is -0.493 e.